The van der Waals surface area contributed by atoms with Gasteiger partial charge in [-0.15, -0.1) is 0 Å². The van der Waals surface area contributed by atoms with Crippen molar-refractivity contribution in [2.45, 2.75) is 95.0 Å². The molecule has 0 radical (unpaired) electrons. The number of halogens is 1. The normalized spacial score (nSPS) is 43.7. The molecule has 5 aliphatic rings. The van der Waals surface area contributed by atoms with Gasteiger partial charge in [-0.3, -0.25) is 19.8 Å². The predicted molar refractivity (Wildman–Crippen MR) is 122 cm³/mol. The molecule has 0 aromatic rings. The molecule has 9 heteroatoms. The largest absolute Gasteiger partial charge is 0.369 e. The molecule has 5 rings (SSSR count). The maximum atomic E-state index is 14.5. The van der Waals surface area contributed by atoms with Gasteiger partial charge in [0.05, 0.1) is 25.8 Å². The Morgan fingerprint density at radius 2 is 1.94 bits per heavy atom. The lowest BCUT2D eigenvalue weighted by atomic mass is 9.87. The molecule has 33 heavy (non-hydrogen) atoms. The van der Waals surface area contributed by atoms with E-state index in [1.165, 1.54) is 24.2 Å². The van der Waals surface area contributed by atoms with E-state index < -0.39 is 6.17 Å². The van der Waals surface area contributed by atoms with Crippen LogP contribution in [0.1, 0.15) is 64.2 Å². The molecular weight excluding hydrogens is 423 g/mol. The number of alkyl halides is 1. The van der Waals surface area contributed by atoms with Crippen LogP contribution in [0.2, 0.25) is 0 Å². The quantitative estimate of drug-likeness (QED) is 0.339. The van der Waals surface area contributed by atoms with Gasteiger partial charge in [-0.2, -0.15) is 5.48 Å². The van der Waals surface area contributed by atoms with Gasteiger partial charge in [-0.05, 0) is 25.7 Å². The number of hydrogen-bond donors (Lipinski definition) is 5. The number of carbonyl (C=O) groups excluding carboxylic acids is 1. The number of likely N-dealkylation sites (tertiary alicyclic amines) is 2. The summed E-state index contributed by atoms with van der Waals surface area (Å²) in [4.78, 5) is 21.7. The van der Waals surface area contributed by atoms with Crippen molar-refractivity contribution in [2.75, 3.05) is 32.7 Å². The van der Waals surface area contributed by atoms with Crippen LogP contribution in [-0.2, 0) is 9.63 Å². The lowest BCUT2D eigenvalue weighted by Crippen LogP contribution is -3.16. The van der Waals surface area contributed by atoms with Gasteiger partial charge in [0.15, 0.2) is 6.23 Å². The fourth-order valence-corrected chi connectivity index (χ4v) is 7.25. The minimum Gasteiger partial charge on any atom is -0.369 e. The maximum Gasteiger partial charge on any atom is 0.220 e. The van der Waals surface area contributed by atoms with E-state index in [9.17, 15) is 9.18 Å². The van der Waals surface area contributed by atoms with Crippen LogP contribution in [0.4, 0.5) is 4.39 Å². The summed E-state index contributed by atoms with van der Waals surface area (Å²) in [5.74, 6) is 0.660. The van der Waals surface area contributed by atoms with E-state index in [4.69, 9.17) is 10.6 Å². The number of rotatable bonds is 6. The molecule has 1 aliphatic carbocycles. The van der Waals surface area contributed by atoms with Crippen LogP contribution in [-0.4, -0.2) is 74.3 Å². The monoisotopic (exact) mass is 468 g/mol. The van der Waals surface area contributed by atoms with Gasteiger partial charge < -0.3 is 16.0 Å². The van der Waals surface area contributed by atoms with Gasteiger partial charge in [0.25, 0.3) is 0 Å². The molecule has 7 N–H and O–H groups in total. The first-order chi connectivity index (χ1) is 16.1. The van der Waals surface area contributed by atoms with E-state index in [1.54, 1.807) is 0 Å². The Bertz CT molecular complexity index is 663. The molecular formula is C24H45FN6O2+2. The first-order valence-corrected chi connectivity index (χ1v) is 13.6. The molecule has 8 atom stereocenters. The number of carbonyl (C=O) groups is 1. The number of nitrogens with one attached hydrogen (secondary N) is 3. The van der Waals surface area contributed by atoms with Gasteiger partial charge in [0.1, 0.15) is 18.4 Å². The molecule has 4 aliphatic heterocycles. The molecule has 0 aromatic carbocycles. The molecule has 4 heterocycles. The SMILES string of the molecule is NC(=O)C1CCN(C2CC(C3NOC(C4CCC[NH+]4CC4CCCCC4F)N3)CC[NH2+]2)CC1. The number of hydrogen-bond acceptors (Lipinski definition) is 5. The summed E-state index contributed by atoms with van der Waals surface area (Å²) in [6.45, 7) is 5.14. The average Bonchev–Trinajstić information content (AvgIpc) is 3.50. The summed E-state index contributed by atoms with van der Waals surface area (Å²) in [6.07, 6.45) is 10.5. The highest BCUT2D eigenvalue weighted by molar-refractivity contribution is 5.76. The number of nitrogens with zero attached hydrogens (tertiary/aromatic N) is 1. The summed E-state index contributed by atoms with van der Waals surface area (Å²) >= 11 is 0. The van der Waals surface area contributed by atoms with Gasteiger partial charge >= 0.3 is 0 Å². The standard InChI is InChI=1S/C24H43FN6O2/c25-19-5-2-1-4-18(19)15-31-11-3-6-20(31)24-28-23(29-33-24)17-7-10-27-21(14-17)30-12-8-16(9-13-30)22(26)32/h16-21,23-24,27-29H,1-15H2,(H2,26,32)/p+2. The Labute approximate surface area is 197 Å². The molecule has 0 bridgehead atoms. The Hall–Kier alpha value is -0.840. The van der Waals surface area contributed by atoms with Crippen LogP contribution in [0.25, 0.3) is 0 Å². The molecule has 8 nitrogen and oxygen atoms in total. The number of nitrogens with two attached hydrogens (primary N) is 2. The maximum absolute atomic E-state index is 14.5. The lowest BCUT2D eigenvalue weighted by Gasteiger charge is -2.39. The van der Waals surface area contributed by atoms with Crippen LogP contribution in [0.3, 0.4) is 0 Å². The molecule has 0 spiro atoms. The van der Waals surface area contributed by atoms with Crippen molar-refractivity contribution in [3.05, 3.63) is 0 Å². The second kappa shape index (κ2) is 10.8. The molecule has 8 unspecified atom stereocenters. The summed E-state index contributed by atoms with van der Waals surface area (Å²) in [5, 5.41) is 6.25. The summed E-state index contributed by atoms with van der Waals surface area (Å²) in [5.41, 5.74) is 8.85. The number of primary amides is 1. The third-order valence-corrected chi connectivity index (χ3v) is 9.30. The number of piperidine rings is 2. The zero-order valence-electron chi connectivity index (χ0n) is 20.0. The van der Waals surface area contributed by atoms with E-state index in [0.29, 0.717) is 18.1 Å². The number of quaternary nitrogens is 2. The smallest absolute Gasteiger partial charge is 0.220 e. The van der Waals surface area contributed by atoms with Crippen LogP contribution < -0.4 is 26.7 Å². The summed E-state index contributed by atoms with van der Waals surface area (Å²) < 4.78 is 14.5. The fourth-order valence-electron chi connectivity index (χ4n) is 7.25. The lowest BCUT2D eigenvalue weighted by molar-refractivity contribution is -0.920. The second-order valence-corrected chi connectivity index (χ2v) is 11.3. The Morgan fingerprint density at radius 3 is 2.73 bits per heavy atom. The minimum atomic E-state index is -0.612. The van der Waals surface area contributed by atoms with Gasteiger partial charge in [0.2, 0.25) is 5.91 Å². The van der Waals surface area contributed by atoms with Crippen molar-refractivity contribution in [1.29, 1.82) is 0 Å². The topological polar surface area (TPSA) is 101 Å². The van der Waals surface area contributed by atoms with E-state index >= 15 is 0 Å². The zero-order chi connectivity index (χ0) is 22.8. The highest BCUT2D eigenvalue weighted by Crippen LogP contribution is 2.27. The van der Waals surface area contributed by atoms with Crippen LogP contribution in [0.15, 0.2) is 0 Å². The fraction of sp³-hybridized carbons (Fsp3) is 0.958. The molecule has 5 fully saturated rings. The van der Waals surface area contributed by atoms with Crippen LogP contribution in [0, 0.1) is 17.8 Å². The Morgan fingerprint density at radius 1 is 1.12 bits per heavy atom. The van der Waals surface area contributed by atoms with E-state index in [1.807, 2.05) is 0 Å². The zero-order valence-corrected chi connectivity index (χ0v) is 20.0. The van der Waals surface area contributed by atoms with E-state index in [-0.39, 0.29) is 30.1 Å². The van der Waals surface area contributed by atoms with Crippen molar-refractivity contribution < 1.29 is 24.2 Å². The minimum absolute atomic E-state index is 0.0184. The third-order valence-electron chi connectivity index (χ3n) is 9.30. The molecule has 0 aromatic heterocycles. The van der Waals surface area contributed by atoms with Crippen molar-refractivity contribution in [3.63, 3.8) is 0 Å². The first kappa shape index (κ1) is 23.9. The van der Waals surface area contributed by atoms with Crippen molar-refractivity contribution >= 4 is 5.91 Å². The molecule has 188 valence electrons. The van der Waals surface area contributed by atoms with Crippen molar-refractivity contribution in [2.24, 2.45) is 23.5 Å². The van der Waals surface area contributed by atoms with Gasteiger partial charge in [-0.25, -0.2) is 4.39 Å². The predicted octanol–water partition coefficient (Wildman–Crippen LogP) is -1.16. The summed E-state index contributed by atoms with van der Waals surface area (Å²) in [7, 11) is 0. The first-order valence-electron chi connectivity index (χ1n) is 13.6. The number of amides is 1. The van der Waals surface area contributed by atoms with Crippen LogP contribution >= 0.6 is 0 Å². The van der Waals surface area contributed by atoms with E-state index in [0.717, 1.165) is 77.7 Å². The Balaban J connectivity index is 1.12. The highest BCUT2D eigenvalue weighted by Gasteiger charge is 2.45. The highest BCUT2D eigenvalue weighted by atomic mass is 19.1. The Kier molecular flexibility index (Phi) is 7.84. The van der Waals surface area contributed by atoms with Crippen LogP contribution in [0.5, 0.6) is 0 Å². The molecule has 1 saturated carbocycles. The van der Waals surface area contributed by atoms with Crippen molar-refractivity contribution in [3.8, 4) is 0 Å². The summed E-state index contributed by atoms with van der Waals surface area (Å²) in [6, 6.07) is 0.412. The molecule has 4 saturated heterocycles. The van der Waals surface area contributed by atoms with E-state index in [2.05, 4.69) is 21.0 Å². The van der Waals surface area contributed by atoms with Gasteiger partial charge in [-0.1, -0.05) is 12.8 Å². The second-order valence-electron chi connectivity index (χ2n) is 11.3. The van der Waals surface area contributed by atoms with Gasteiger partial charge in [0, 0.05) is 56.5 Å². The number of hydroxylamine groups is 1. The average molecular weight is 469 g/mol. The molecule has 1 amide bonds. The van der Waals surface area contributed by atoms with Crippen molar-refractivity contribution in [1.82, 2.24) is 15.7 Å². The third kappa shape index (κ3) is 5.54.